The third kappa shape index (κ3) is 6.36. The van der Waals surface area contributed by atoms with E-state index in [4.69, 9.17) is 11.6 Å². The molecule has 1 aromatic carbocycles. The van der Waals surface area contributed by atoms with Gasteiger partial charge in [0.1, 0.15) is 0 Å². The van der Waals surface area contributed by atoms with Crippen molar-refractivity contribution in [3.63, 3.8) is 0 Å². The van der Waals surface area contributed by atoms with Crippen LogP contribution >= 0.6 is 11.6 Å². The average Bonchev–Trinajstić information content (AvgIpc) is 2.58. The van der Waals surface area contributed by atoms with Crippen molar-refractivity contribution in [1.82, 2.24) is 15.6 Å². The third-order valence-electron chi connectivity index (χ3n) is 3.41. The summed E-state index contributed by atoms with van der Waals surface area (Å²) in [4.78, 5) is 15.7. The first-order valence-corrected chi connectivity index (χ1v) is 7.96. The summed E-state index contributed by atoms with van der Waals surface area (Å²) >= 11 is 5.57. The number of rotatable bonds is 7. The lowest BCUT2D eigenvalue weighted by atomic mass is 10.1. The molecule has 25 heavy (non-hydrogen) atoms. The van der Waals surface area contributed by atoms with Gasteiger partial charge in [-0.15, -0.1) is 0 Å². The number of hydrogen-bond donors (Lipinski definition) is 2. The number of aromatic nitrogens is 1. The van der Waals surface area contributed by atoms with E-state index in [-0.39, 0.29) is 23.9 Å². The molecule has 0 saturated heterocycles. The van der Waals surface area contributed by atoms with Crippen LogP contribution in [-0.4, -0.2) is 17.4 Å². The zero-order valence-electron chi connectivity index (χ0n) is 13.2. The molecular weight excluding hydrogens is 355 g/mol. The predicted molar refractivity (Wildman–Crippen MR) is 88.9 cm³/mol. The summed E-state index contributed by atoms with van der Waals surface area (Å²) in [5.41, 5.74) is 0.486. The van der Waals surface area contributed by atoms with E-state index in [0.717, 1.165) is 11.6 Å². The summed E-state index contributed by atoms with van der Waals surface area (Å²) in [6.45, 7) is 0.956. The van der Waals surface area contributed by atoms with Gasteiger partial charge in [0.05, 0.1) is 10.6 Å². The fourth-order valence-corrected chi connectivity index (χ4v) is 2.35. The fourth-order valence-electron chi connectivity index (χ4n) is 2.13. The molecule has 8 heteroatoms. The van der Waals surface area contributed by atoms with Crippen LogP contribution in [0.1, 0.15) is 23.1 Å². The highest BCUT2D eigenvalue weighted by atomic mass is 35.5. The molecule has 0 unspecified atom stereocenters. The zero-order chi connectivity index (χ0) is 18.3. The summed E-state index contributed by atoms with van der Waals surface area (Å²) in [7, 11) is 0. The highest BCUT2D eigenvalue weighted by molar-refractivity contribution is 6.31. The zero-order valence-corrected chi connectivity index (χ0v) is 14.0. The molecule has 0 aliphatic carbocycles. The molecule has 0 spiro atoms. The Hall–Kier alpha value is -2.12. The molecule has 2 N–H and O–H groups in total. The van der Waals surface area contributed by atoms with Crippen molar-refractivity contribution in [2.75, 3.05) is 6.54 Å². The first-order valence-electron chi connectivity index (χ1n) is 7.58. The van der Waals surface area contributed by atoms with Crippen LogP contribution in [0.3, 0.4) is 0 Å². The number of halogens is 4. The number of carbonyl (C=O) groups is 1. The van der Waals surface area contributed by atoms with E-state index in [9.17, 15) is 18.0 Å². The van der Waals surface area contributed by atoms with E-state index in [2.05, 4.69) is 15.6 Å². The summed E-state index contributed by atoms with van der Waals surface area (Å²) < 4.78 is 38.4. The van der Waals surface area contributed by atoms with Crippen LogP contribution in [0.25, 0.3) is 0 Å². The van der Waals surface area contributed by atoms with Gasteiger partial charge < -0.3 is 10.6 Å². The number of pyridine rings is 1. The average molecular weight is 372 g/mol. The van der Waals surface area contributed by atoms with E-state index >= 15 is 0 Å². The van der Waals surface area contributed by atoms with E-state index in [1.54, 1.807) is 18.5 Å². The van der Waals surface area contributed by atoms with E-state index in [1.165, 1.54) is 12.1 Å². The molecule has 0 aliphatic heterocycles. The van der Waals surface area contributed by atoms with E-state index in [0.29, 0.717) is 18.7 Å². The molecule has 4 nitrogen and oxygen atoms in total. The molecule has 0 aliphatic rings. The van der Waals surface area contributed by atoms with Crippen LogP contribution in [0.2, 0.25) is 5.02 Å². The monoisotopic (exact) mass is 371 g/mol. The predicted octanol–water partition coefficient (Wildman–Crippen LogP) is 3.55. The van der Waals surface area contributed by atoms with Gasteiger partial charge in [-0.3, -0.25) is 9.78 Å². The Labute approximate surface area is 148 Å². The Bertz CT molecular complexity index is 708. The fraction of sp³-hybridized carbons (Fsp3) is 0.294. The van der Waals surface area contributed by atoms with Gasteiger partial charge in [-0.2, -0.15) is 13.2 Å². The Kier molecular flexibility index (Phi) is 6.78. The van der Waals surface area contributed by atoms with Crippen molar-refractivity contribution < 1.29 is 18.0 Å². The molecule has 134 valence electrons. The van der Waals surface area contributed by atoms with Crippen LogP contribution in [0.4, 0.5) is 13.2 Å². The standard InChI is InChI=1S/C17H17ClF3N3O/c18-15-4-3-12(8-14(15)17(19,20)21)9-23-7-5-16(25)24-11-13-2-1-6-22-10-13/h1-4,6,8,10,23H,5,7,9,11H2,(H,24,25). The SMILES string of the molecule is O=C(CCNCc1ccc(Cl)c(C(F)(F)F)c1)NCc1cccnc1. The molecule has 0 saturated carbocycles. The minimum absolute atomic E-state index is 0.150. The van der Waals surface area contributed by atoms with E-state index < -0.39 is 11.7 Å². The maximum atomic E-state index is 12.8. The molecule has 1 aromatic heterocycles. The lowest BCUT2D eigenvalue weighted by molar-refractivity contribution is -0.137. The number of nitrogens with one attached hydrogen (secondary N) is 2. The van der Waals surface area contributed by atoms with Crippen LogP contribution < -0.4 is 10.6 Å². The van der Waals surface area contributed by atoms with Crippen LogP contribution in [-0.2, 0) is 24.1 Å². The summed E-state index contributed by atoms with van der Waals surface area (Å²) in [6, 6.07) is 7.39. The van der Waals surface area contributed by atoms with Crippen molar-refractivity contribution in [2.45, 2.75) is 25.7 Å². The smallest absolute Gasteiger partial charge is 0.352 e. The van der Waals surface area contributed by atoms with Crippen LogP contribution in [0, 0.1) is 0 Å². The molecule has 1 amide bonds. The third-order valence-corrected chi connectivity index (χ3v) is 3.74. The largest absolute Gasteiger partial charge is 0.417 e. The minimum atomic E-state index is -4.49. The van der Waals surface area contributed by atoms with Gasteiger partial charge in [0.2, 0.25) is 5.91 Å². The normalized spacial score (nSPS) is 11.4. The quantitative estimate of drug-likeness (QED) is 0.732. The summed E-state index contributed by atoms with van der Waals surface area (Å²) in [5, 5.41) is 5.37. The number of nitrogens with zero attached hydrogens (tertiary/aromatic N) is 1. The van der Waals surface area contributed by atoms with Crippen LogP contribution in [0.15, 0.2) is 42.7 Å². The molecule has 2 rings (SSSR count). The Morgan fingerprint density at radius 3 is 2.64 bits per heavy atom. The number of alkyl halides is 3. The van der Waals surface area contributed by atoms with Crippen molar-refractivity contribution in [3.8, 4) is 0 Å². The van der Waals surface area contributed by atoms with Gasteiger partial charge in [-0.25, -0.2) is 0 Å². The van der Waals surface area contributed by atoms with Gasteiger partial charge >= 0.3 is 6.18 Å². The molecule has 2 aromatic rings. The minimum Gasteiger partial charge on any atom is -0.352 e. The Balaban J connectivity index is 1.73. The van der Waals surface area contributed by atoms with Crippen LogP contribution in [0.5, 0.6) is 0 Å². The molecule has 0 atom stereocenters. The van der Waals surface area contributed by atoms with Gasteiger partial charge in [0, 0.05) is 38.4 Å². The van der Waals surface area contributed by atoms with Crippen molar-refractivity contribution in [1.29, 1.82) is 0 Å². The topological polar surface area (TPSA) is 54.0 Å². The lowest BCUT2D eigenvalue weighted by Crippen LogP contribution is -2.27. The molecule has 0 bridgehead atoms. The van der Waals surface area contributed by atoms with Crippen molar-refractivity contribution >= 4 is 17.5 Å². The molecular formula is C17H17ClF3N3O. The first kappa shape index (κ1) is 19.2. The first-order chi connectivity index (χ1) is 11.9. The Morgan fingerprint density at radius 2 is 1.96 bits per heavy atom. The lowest BCUT2D eigenvalue weighted by Gasteiger charge is -2.11. The maximum Gasteiger partial charge on any atom is 0.417 e. The number of amides is 1. The highest BCUT2D eigenvalue weighted by Gasteiger charge is 2.33. The molecule has 1 heterocycles. The van der Waals surface area contributed by atoms with Crippen molar-refractivity contribution in [3.05, 3.63) is 64.4 Å². The summed E-state index contributed by atoms with van der Waals surface area (Å²) in [6.07, 6.45) is -0.952. The summed E-state index contributed by atoms with van der Waals surface area (Å²) in [5.74, 6) is -0.150. The second-order valence-corrected chi connectivity index (χ2v) is 5.78. The van der Waals surface area contributed by atoms with E-state index in [1.807, 2.05) is 6.07 Å². The molecule has 0 fully saturated rings. The van der Waals surface area contributed by atoms with Gasteiger partial charge in [0.25, 0.3) is 0 Å². The second-order valence-electron chi connectivity index (χ2n) is 5.38. The second kappa shape index (κ2) is 8.82. The number of hydrogen-bond acceptors (Lipinski definition) is 3. The highest BCUT2D eigenvalue weighted by Crippen LogP contribution is 2.35. The number of carbonyl (C=O) groups excluding carboxylic acids is 1. The maximum absolute atomic E-state index is 12.8. The van der Waals surface area contributed by atoms with Gasteiger partial charge in [-0.1, -0.05) is 23.7 Å². The Morgan fingerprint density at radius 1 is 1.16 bits per heavy atom. The van der Waals surface area contributed by atoms with Gasteiger partial charge in [-0.05, 0) is 29.3 Å². The number of benzene rings is 1. The van der Waals surface area contributed by atoms with Crippen molar-refractivity contribution in [2.24, 2.45) is 0 Å². The molecule has 0 radical (unpaired) electrons. The van der Waals surface area contributed by atoms with Gasteiger partial charge in [0.15, 0.2) is 0 Å².